The summed E-state index contributed by atoms with van der Waals surface area (Å²) in [5.74, 6) is 3.02. The summed E-state index contributed by atoms with van der Waals surface area (Å²) in [5, 5.41) is 3.49. The maximum Gasteiger partial charge on any atom is 0.150 e. The monoisotopic (exact) mass is 287 g/mol. The van der Waals surface area contributed by atoms with Crippen molar-refractivity contribution in [2.24, 2.45) is 23.2 Å². The van der Waals surface area contributed by atoms with E-state index in [0.29, 0.717) is 17.4 Å². The Kier molecular flexibility index (Phi) is 3.65. The first-order valence-electron chi connectivity index (χ1n) is 7.45. The van der Waals surface area contributed by atoms with Crippen LogP contribution in [0.15, 0.2) is 0 Å². The van der Waals surface area contributed by atoms with Gasteiger partial charge in [-0.15, -0.1) is 0 Å². The van der Waals surface area contributed by atoms with Crippen LogP contribution in [-0.2, 0) is 14.6 Å². The van der Waals surface area contributed by atoms with Crippen LogP contribution in [0.4, 0.5) is 0 Å². The quantitative estimate of drug-likeness (QED) is 0.743. The number of sulfone groups is 1. The van der Waals surface area contributed by atoms with E-state index in [1.54, 1.807) is 7.11 Å². The third-order valence-electron chi connectivity index (χ3n) is 5.46. The van der Waals surface area contributed by atoms with Gasteiger partial charge in [0, 0.05) is 20.2 Å². The molecule has 1 saturated heterocycles. The molecule has 1 aliphatic heterocycles. The first kappa shape index (κ1) is 13.8. The molecular formula is C14H25NO3S. The third-order valence-corrected chi connectivity index (χ3v) is 7.23. The molecule has 5 heteroatoms. The molecule has 3 rings (SSSR count). The van der Waals surface area contributed by atoms with Gasteiger partial charge in [-0.05, 0) is 48.9 Å². The van der Waals surface area contributed by atoms with Crippen molar-refractivity contribution in [1.29, 1.82) is 0 Å². The van der Waals surface area contributed by atoms with Crippen LogP contribution in [-0.4, -0.2) is 46.7 Å². The molecule has 19 heavy (non-hydrogen) atoms. The van der Waals surface area contributed by atoms with Gasteiger partial charge in [0.05, 0.1) is 18.1 Å². The Morgan fingerprint density at radius 2 is 2.05 bits per heavy atom. The summed E-state index contributed by atoms with van der Waals surface area (Å²) in [7, 11) is -1.05. The Balaban J connectivity index is 1.64. The van der Waals surface area contributed by atoms with E-state index in [2.05, 4.69) is 5.32 Å². The van der Waals surface area contributed by atoms with E-state index in [-0.39, 0.29) is 5.41 Å². The Bertz CT molecular complexity index is 424. The number of hydrogen-bond donors (Lipinski definition) is 1. The topological polar surface area (TPSA) is 55.4 Å². The van der Waals surface area contributed by atoms with E-state index in [9.17, 15) is 8.42 Å². The first-order chi connectivity index (χ1) is 9.05. The highest BCUT2D eigenvalue weighted by Crippen LogP contribution is 2.63. The van der Waals surface area contributed by atoms with Crippen LogP contribution in [0, 0.1) is 23.2 Å². The van der Waals surface area contributed by atoms with Gasteiger partial charge in [-0.1, -0.05) is 0 Å². The summed E-state index contributed by atoms with van der Waals surface area (Å²) in [6, 6.07) is 0. The van der Waals surface area contributed by atoms with Crippen LogP contribution in [0.2, 0.25) is 0 Å². The summed E-state index contributed by atoms with van der Waals surface area (Å²) in [6.45, 7) is 2.57. The van der Waals surface area contributed by atoms with Gasteiger partial charge in [0.2, 0.25) is 0 Å². The molecule has 3 aliphatic rings. The summed E-state index contributed by atoms with van der Waals surface area (Å²) < 4.78 is 28.6. The molecule has 0 spiro atoms. The summed E-state index contributed by atoms with van der Waals surface area (Å²) in [6.07, 6.45) is 4.77. The number of rotatable bonds is 6. The normalized spacial score (nSPS) is 43.3. The van der Waals surface area contributed by atoms with Crippen LogP contribution in [0.25, 0.3) is 0 Å². The fourth-order valence-electron chi connectivity index (χ4n) is 4.35. The first-order valence-corrected chi connectivity index (χ1v) is 9.27. The molecule has 110 valence electrons. The summed E-state index contributed by atoms with van der Waals surface area (Å²) in [4.78, 5) is 0. The number of nitrogens with one attached hydrogen (secondary N) is 1. The molecule has 0 amide bonds. The van der Waals surface area contributed by atoms with Crippen molar-refractivity contribution < 1.29 is 13.2 Å². The molecular weight excluding hydrogens is 262 g/mol. The number of ether oxygens (including phenoxy) is 1. The van der Waals surface area contributed by atoms with Gasteiger partial charge >= 0.3 is 0 Å². The molecule has 2 saturated carbocycles. The Morgan fingerprint density at radius 1 is 1.32 bits per heavy atom. The van der Waals surface area contributed by atoms with Crippen LogP contribution < -0.4 is 5.32 Å². The van der Waals surface area contributed by atoms with Crippen molar-refractivity contribution in [3.8, 4) is 0 Å². The highest BCUT2D eigenvalue weighted by molar-refractivity contribution is 7.91. The average Bonchev–Trinajstić information content (AvgIpc) is 2.81. The van der Waals surface area contributed by atoms with Crippen molar-refractivity contribution in [2.75, 3.05) is 38.3 Å². The molecule has 1 heterocycles. The second kappa shape index (κ2) is 5.01. The highest BCUT2D eigenvalue weighted by Gasteiger charge is 2.57. The Labute approximate surface area is 116 Å². The van der Waals surface area contributed by atoms with Crippen molar-refractivity contribution in [3.63, 3.8) is 0 Å². The lowest BCUT2D eigenvalue weighted by Gasteiger charge is -2.37. The van der Waals surface area contributed by atoms with Gasteiger partial charge in [0.15, 0.2) is 9.84 Å². The van der Waals surface area contributed by atoms with Crippen molar-refractivity contribution in [1.82, 2.24) is 5.32 Å². The van der Waals surface area contributed by atoms with E-state index in [4.69, 9.17) is 4.74 Å². The van der Waals surface area contributed by atoms with Crippen LogP contribution >= 0.6 is 0 Å². The van der Waals surface area contributed by atoms with Crippen LogP contribution in [0.5, 0.6) is 0 Å². The fraction of sp³-hybridized carbons (Fsp3) is 1.00. The zero-order valence-electron chi connectivity index (χ0n) is 11.7. The Hall–Kier alpha value is -0.130. The number of hydrogen-bond acceptors (Lipinski definition) is 4. The molecule has 0 bridgehead atoms. The van der Waals surface area contributed by atoms with Gasteiger partial charge in [0.25, 0.3) is 0 Å². The minimum atomic E-state index is -2.76. The molecule has 0 aromatic rings. The lowest BCUT2D eigenvalue weighted by atomic mass is 9.71. The van der Waals surface area contributed by atoms with Crippen molar-refractivity contribution >= 4 is 9.84 Å². The van der Waals surface area contributed by atoms with Gasteiger partial charge in [-0.3, -0.25) is 0 Å². The second-order valence-corrected chi connectivity index (χ2v) is 9.02. The lowest BCUT2D eigenvalue weighted by Crippen LogP contribution is -2.41. The van der Waals surface area contributed by atoms with E-state index >= 15 is 0 Å². The van der Waals surface area contributed by atoms with Crippen LogP contribution in [0.1, 0.15) is 25.7 Å². The molecule has 0 aromatic carbocycles. The van der Waals surface area contributed by atoms with E-state index in [1.165, 1.54) is 19.3 Å². The van der Waals surface area contributed by atoms with Gasteiger partial charge < -0.3 is 10.1 Å². The van der Waals surface area contributed by atoms with Gasteiger partial charge in [-0.2, -0.15) is 0 Å². The minimum Gasteiger partial charge on any atom is -0.383 e. The highest BCUT2D eigenvalue weighted by atomic mass is 32.2. The molecule has 1 N–H and O–H groups in total. The Morgan fingerprint density at radius 3 is 2.63 bits per heavy atom. The smallest absolute Gasteiger partial charge is 0.150 e. The molecule has 0 aromatic heterocycles. The molecule has 3 atom stereocenters. The summed E-state index contributed by atoms with van der Waals surface area (Å²) in [5.41, 5.74) is 0.255. The molecule has 2 aliphatic carbocycles. The molecule has 4 nitrogen and oxygen atoms in total. The summed E-state index contributed by atoms with van der Waals surface area (Å²) >= 11 is 0. The van der Waals surface area contributed by atoms with E-state index in [1.807, 2.05) is 0 Å². The molecule has 3 fully saturated rings. The predicted molar refractivity (Wildman–Crippen MR) is 74.8 cm³/mol. The van der Waals surface area contributed by atoms with Crippen molar-refractivity contribution in [2.45, 2.75) is 25.7 Å². The minimum absolute atomic E-state index is 0.255. The number of fused-ring (bicyclic) bond motifs is 1. The molecule has 0 radical (unpaired) electrons. The van der Waals surface area contributed by atoms with Gasteiger partial charge in [0.1, 0.15) is 0 Å². The largest absolute Gasteiger partial charge is 0.383 e. The predicted octanol–water partition coefficient (Wildman–Crippen LogP) is 1.07. The number of methoxy groups -OCH3 is 1. The van der Waals surface area contributed by atoms with E-state index in [0.717, 1.165) is 38.0 Å². The SMILES string of the molecule is COCCNCC1(C2CCS(=O)(=O)C2)CC2CC2C1. The second-order valence-electron chi connectivity index (χ2n) is 6.80. The zero-order chi connectivity index (χ0) is 13.5. The maximum atomic E-state index is 11.8. The van der Waals surface area contributed by atoms with Crippen LogP contribution in [0.3, 0.4) is 0 Å². The molecule has 3 unspecified atom stereocenters. The maximum absolute atomic E-state index is 11.8. The average molecular weight is 287 g/mol. The lowest BCUT2D eigenvalue weighted by molar-refractivity contribution is 0.146. The standard InChI is InChI=1S/C14H25NO3S/c1-18-4-3-15-10-14(7-11-6-12(11)8-14)13-2-5-19(16,17)9-13/h11-13,15H,2-10H2,1H3. The van der Waals surface area contributed by atoms with Gasteiger partial charge in [-0.25, -0.2) is 8.42 Å². The zero-order valence-corrected chi connectivity index (χ0v) is 12.5. The van der Waals surface area contributed by atoms with E-state index < -0.39 is 9.84 Å². The van der Waals surface area contributed by atoms with Crippen molar-refractivity contribution in [3.05, 3.63) is 0 Å². The fourth-order valence-corrected chi connectivity index (χ4v) is 6.29. The third kappa shape index (κ3) is 2.83.